The van der Waals surface area contributed by atoms with E-state index in [-0.39, 0.29) is 6.04 Å². The van der Waals surface area contributed by atoms with Gasteiger partial charge in [-0.15, -0.1) is 0 Å². The van der Waals surface area contributed by atoms with Crippen molar-refractivity contribution >= 4 is 34.6 Å². The summed E-state index contributed by atoms with van der Waals surface area (Å²) in [6, 6.07) is 13.2. The second-order valence-corrected chi connectivity index (χ2v) is 4.97. The van der Waals surface area contributed by atoms with Crippen molar-refractivity contribution in [3.63, 3.8) is 0 Å². The largest absolute Gasteiger partial charge is 0.397 e. The minimum absolute atomic E-state index is 0.0749. The summed E-state index contributed by atoms with van der Waals surface area (Å²) in [5, 5.41) is 4.64. The second-order valence-electron chi connectivity index (χ2n) is 4.13. The first kappa shape index (κ1) is 13.1. The third kappa shape index (κ3) is 2.89. The highest BCUT2D eigenvalue weighted by atomic mass is 35.5. The van der Waals surface area contributed by atoms with Crippen molar-refractivity contribution in [2.45, 2.75) is 13.0 Å². The standard InChI is InChI=1S/C14H14Cl2N2/c1-9(10-4-2-5-11(15)8-10)18-14-12(16)6-3-7-13(14)17/h2-9,18H,17H2,1H3. The predicted octanol–water partition coefficient (Wildman–Crippen LogP) is 4.75. The molecule has 1 atom stereocenters. The van der Waals surface area contributed by atoms with Crippen molar-refractivity contribution in [1.29, 1.82) is 0 Å². The molecule has 2 rings (SSSR count). The van der Waals surface area contributed by atoms with E-state index in [1.807, 2.05) is 49.4 Å². The summed E-state index contributed by atoms with van der Waals surface area (Å²) in [5.74, 6) is 0. The van der Waals surface area contributed by atoms with Crippen LogP contribution in [0, 0.1) is 0 Å². The third-order valence-electron chi connectivity index (χ3n) is 2.76. The molecule has 2 aromatic rings. The van der Waals surface area contributed by atoms with E-state index in [1.165, 1.54) is 0 Å². The topological polar surface area (TPSA) is 38.0 Å². The molecular weight excluding hydrogens is 267 g/mol. The first-order chi connectivity index (χ1) is 8.58. The van der Waals surface area contributed by atoms with Crippen molar-refractivity contribution in [2.75, 3.05) is 11.1 Å². The van der Waals surface area contributed by atoms with Crippen LogP contribution in [0.25, 0.3) is 0 Å². The summed E-state index contributed by atoms with van der Waals surface area (Å²) in [6.45, 7) is 2.04. The molecule has 0 spiro atoms. The van der Waals surface area contributed by atoms with Gasteiger partial charge < -0.3 is 11.1 Å². The number of para-hydroxylation sites is 1. The fourth-order valence-electron chi connectivity index (χ4n) is 1.77. The Kier molecular flexibility index (Phi) is 4.00. The van der Waals surface area contributed by atoms with Gasteiger partial charge in [0.1, 0.15) is 0 Å². The van der Waals surface area contributed by atoms with E-state index in [1.54, 1.807) is 0 Å². The van der Waals surface area contributed by atoms with Crippen LogP contribution in [0.4, 0.5) is 11.4 Å². The number of nitrogens with one attached hydrogen (secondary N) is 1. The predicted molar refractivity (Wildman–Crippen MR) is 79.4 cm³/mol. The van der Waals surface area contributed by atoms with Gasteiger partial charge in [-0.2, -0.15) is 0 Å². The van der Waals surface area contributed by atoms with Gasteiger partial charge in [0.2, 0.25) is 0 Å². The van der Waals surface area contributed by atoms with Crippen LogP contribution in [0.5, 0.6) is 0 Å². The number of benzene rings is 2. The zero-order valence-electron chi connectivity index (χ0n) is 9.95. The van der Waals surface area contributed by atoms with Crippen LogP contribution in [-0.4, -0.2) is 0 Å². The van der Waals surface area contributed by atoms with Crippen LogP contribution in [0.1, 0.15) is 18.5 Å². The quantitative estimate of drug-likeness (QED) is 0.797. The Hall–Kier alpha value is -1.38. The molecule has 0 radical (unpaired) electrons. The number of halogens is 2. The highest BCUT2D eigenvalue weighted by Gasteiger charge is 2.10. The van der Waals surface area contributed by atoms with Gasteiger partial charge in [0.05, 0.1) is 16.4 Å². The molecule has 1 unspecified atom stereocenters. The molecule has 0 aliphatic rings. The van der Waals surface area contributed by atoms with Gasteiger partial charge >= 0.3 is 0 Å². The van der Waals surface area contributed by atoms with E-state index in [4.69, 9.17) is 28.9 Å². The second kappa shape index (κ2) is 5.51. The Morgan fingerprint density at radius 3 is 2.50 bits per heavy atom. The molecule has 0 fully saturated rings. The molecule has 0 aliphatic carbocycles. The van der Waals surface area contributed by atoms with Crippen LogP contribution >= 0.6 is 23.2 Å². The minimum atomic E-state index is 0.0749. The molecule has 0 saturated carbocycles. The maximum atomic E-state index is 6.12. The van der Waals surface area contributed by atoms with Gasteiger partial charge in [-0.3, -0.25) is 0 Å². The summed E-state index contributed by atoms with van der Waals surface area (Å²) in [7, 11) is 0. The molecular formula is C14H14Cl2N2. The maximum Gasteiger partial charge on any atom is 0.0767 e. The third-order valence-corrected chi connectivity index (χ3v) is 3.31. The molecule has 0 amide bonds. The maximum absolute atomic E-state index is 6.12. The Morgan fingerprint density at radius 1 is 1.11 bits per heavy atom. The Morgan fingerprint density at radius 2 is 1.83 bits per heavy atom. The number of anilines is 2. The molecule has 18 heavy (non-hydrogen) atoms. The van der Waals surface area contributed by atoms with Crippen molar-refractivity contribution in [1.82, 2.24) is 0 Å². The van der Waals surface area contributed by atoms with E-state index in [2.05, 4.69) is 5.32 Å². The van der Waals surface area contributed by atoms with E-state index in [0.717, 1.165) is 11.3 Å². The molecule has 94 valence electrons. The number of hydrogen-bond acceptors (Lipinski definition) is 2. The van der Waals surface area contributed by atoms with Crippen molar-refractivity contribution in [3.8, 4) is 0 Å². The Bertz CT molecular complexity index is 535. The van der Waals surface area contributed by atoms with Gasteiger partial charge in [-0.1, -0.05) is 41.4 Å². The molecule has 2 aromatic carbocycles. The molecule has 2 nitrogen and oxygen atoms in total. The van der Waals surface area contributed by atoms with Crippen LogP contribution < -0.4 is 11.1 Å². The summed E-state index contributed by atoms with van der Waals surface area (Å²) in [5.41, 5.74) is 8.38. The van der Waals surface area contributed by atoms with E-state index < -0.39 is 0 Å². The summed E-state index contributed by atoms with van der Waals surface area (Å²) in [4.78, 5) is 0. The lowest BCUT2D eigenvalue weighted by Crippen LogP contribution is -2.08. The van der Waals surface area contributed by atoms with Gasteiger partial charge in [-0.25, -0.2) is 0 Å². The van der Waals surface area contributed by atoms with Gasteiger partial charge in [0.15, 0.2) is 0 Å². The van der Waals surface area contributed by atoms with E-state index in [0.29, 0.717) is 15.7 Å². The normalized spacial score (nSPS) is 12.2. The highest BCUT2D eigenvalue weighted by Crippen LogP contribution is 2.31. The lowest BCUT2D eigenvalue weighted by atomic mass is 10.1. The number of nitrogens with two attached hydrogens (primary N) is 1. The number of nitrogen functional groups attached to an aromatic ring is 1. The van der Waals surface area contributed by atoms with Gasteiger partial charge in [0.25, 0.3) is 0 Å². The van der Waals surface area contributed by atoms with Crippen LogP contribution in [0.15, 0.2) is 42.5 Å². The fourth-order valence-corrected chi connectivity index (χ4v) is 2.20. The molecule has 0 bridgehead atoms. The fraction of sp³-hybridized carbons (Fsp3) is 0.143. The number of hydrogen-bond donors (Lipinski definition) is 2. The van der Waals surface area contributed by atoms with E-state index >= 15 is 0 Å². The first-order valence-corrected chi connectivity index (χ1v) is 6.39. The summed E-state index contributed by atoms with van der Waals surface area (Å²) < 4.78 is 0. The Labute approximate surface area is 117 Å². The minimum Gasteiger partial charge on any atom is -0.397 e. The molecule has 0 saturated heterocycles. The van der Waals surface area contributed by atoms with Crippen LogP contribution in [0.2, 0.25) is 10.0 Å². The highest BCUT2D eigenvalue weighted by molar-refractivity contribution is 6.33. The summed E-state index contributed by atoms with van der Waals surface area (Å²) >= 11 is 12.1. The molecule has 0 aliphatic heterocycles. The first-order valence-electron chi connectivity index (χ1n) is 5.64. The zero-order chi connectivity index (χ0) is 13.1. The molecule has 0 heterocycles. The average molecular weight is 281 g/mol. The Balaban J connectivity index is 2.24. The summed E-state index contributed by atoms with van der Waals surface area (Å²) in [6.07, 6.45) is 0. The SMILES string of the molecule is CC(Nc1c(N)cccc1Cl)c1cccc(Cl)c1. The molecule has 3 N–H and O–H groups in total. The lowest BCUT2D eigenvalue weighted by Gasteiger charge is -2.18. The van der Waals surface area contributed by atoms with Gasteiger partial charge in [0, 0.05) is 11.1 Å². The van der Waals surface area contributed by atoms with Crippen molar-refractivity contribution in [3.05, 3.63) is 58.1 Å². The van der Waals surface area contributed by atoms with Crippen LogP contribution in [0.3, 0.4) is 0 Å². The van der Waals surface area contributed by atoms with Crippen LogP contribution in [-0.2, 0) is 0 Å². The lowest BCUT2D eigenvalue weighted by molar-refractivity contribution is 0.885. The molecule has 0 aromatic heterocycles. The monoisotopic (exact) mass is 280 g/mol. The average Bonchev–Trinajstić information content (AvgIpc) is 2.34. The zero-order valence-corrected chi connectivity index (χ0v) is 11.5. The van der Waals surface area contributed by atoms with Gasteiger partial charge in [-0.05, 0) is 36.8 Å². The molecule has 4 heteroatoms. The van der Waals surface area contributed by atoms with Crippen molar-refractivity contribution < 1.29 is 0 Å². The van der Waals surface area contributed by atoms with Crippen molar-refractivity contribution in [2.24, 2.45) is 0 Å². The smallest absolute Gasteiger partial charge is 0.0767 e. The van der Waals surface area contributed by atoms with E-state index in [9.17, 15) is 0 Å². The number of rotatable bonds is 3.